The standard InChI is InChI=1S/C35H60N2O12/c1-7-8-9-10-11-12-13-14-15-16-17-18-32(38)49-34(31-20-36-22-44-31)35-37-28(21-43-35)29(46-24-40-4)19-30(47-25-41-5)33(48-26-42-6)27(2)45-23-39-3/h20-22,27,29-30,33-34H,7-19,23-26H2,1-6H3/t27-,29+,30-,33+,34+/m1/s1. The predicted molar refractivity (Wildman–Crippen MR) is 178 cm³/mol. The lowest BCUT2D eigenvalue weighted by Crippen LogP contribution is -2.43. The molecule has 0 radical (unpaired) electrons. The van der Waals surface area contributed by atoms with Crippen molar-refractivity contribution in [2.24, 2.45) is 0 Å². The summed E-state index contributed by atoms with van der Waals surface area (Å²) in [6.45, 7) is 4.08. The molecule has 2 aromatic rings. The molecule has 282 valence electrons. The number of nitrogens with zero attached hydrogens (tertiary/aromatic N) is 2. The highest BCUT2D eigenvalue weighted by atomic mass is 16.7. The van der Waals surface area contributed by atoms with E-state index in [9.17, 15) is 4.79 Å². The van der Waals surface area contributed by atoms with E-state index in [2.05, 4.69) is 16.9 Å². The molecule has 0 saturated heterocycles. The Morgan fingerprint density at radius 1 is 0.755 bits per heavy atom. The van der Waals surface area contributed by atoms with Crippen molar-refractivity contribution in [1.29, 1.82) is 0 Å². The van der Waals surface area contributed by atoms with Crippen LogP contribution in [0.25, 0.3) is 0 Å². The van der Waals surface area contributed by atoms with Crippen LogP contribution in [-0.2, 0) is 47.4 Å². The molecule has 49 heavy (non-hydrogen) atoms. The summed E-state index contributed by atoms with van der Waals surface area (Å²) in [5.41, 5.74) is 0.417. The van der Waals surface area contributed by atoms with Gasteiger partial charge in [-0.1, -0.05) is 71.1 Å². The lowest BCUT2D eigenvalue weighted by molar-refractivity contribution is -0.212. The molecule has 14 heteroatoms. The van der Waals surface area contributed by atoms with E-state index < -0.39 is 30.5 Å². The second kappa shape index (κ2) is 27.3. The summed E-state index contributed by atoms with van der Waals surface area (Å²) in [5.74, 6) is 0.0253. The molecule has 0 bridgehead atoms. The van der Waals surface area contributed by atoms with Crippen LogP contribution >= 0.6 is 0 Å². The third-order valence-electron chi connectivity index (χ3n) is 7.93. The van der Waals surface area contributed by atoms with Crippen LogP contribution in [0.2, 0.25) is 0 Å². The molecular formula is C35H60N2O12. The van der Waals surface area contributed by atoms with Gasteiger partial charge in [0.25, 0.3) is 0 Å². The molecule has 0 N–H and O–H groups in total. The third kappa shape index (κ3) is 17.4. The average Bonchev–Trinajstić information content (AvgIpc) is 3.83. The van der Waals surface area contributed by atoms with Crippen molar-refractivity contribution in [2.75, 3.05) is 55.6 Å². The maximum atomic E-state index is 12.9. The van der Waals surface area contributed by atoms with Crippen LogP contribution in [-0.4, -0.2) is 89.9 Å². The second-order valence-electron chi connectivity index (χ2n) is 11.9. The largest absolute Gasteiger partial charge is 0.445 e. The Hall–Kier alpha value is -2.43. The summed E-state index contributed by atoms with van der Waals surface area (Å²) in [7, 11) is 6.11. The first-order valence-corrected chi connectivity index (χ1v) is 17.4. The zero-order chi connectivity index (χ0) is 35.5. The zero-order valence-electron chi connectivity index (χ0n) is 30.4. The number of hydrogen-bond donors (Lipinski definition) is 0. The minimum atomic E-state index is -1.03. The quantitative estimate of drug-likeness (QED) is 0.0436. The van der Waals surface area contributed by atoms with Gasteiger partial charge in [0.2, 0.25) is 12.0 Å². The molecule has 2 aromatic heterocycles. The highest BCUT2D eigenvalue weighted by Gasteiger charge is 2.35. The number of carbonyl (C=O) groups is 1. The number of ether oxygens (including phenoxy) is 9. The van der Waals surface area contributed by atoms with Gasteiger partial charge in [0.1, 0.15) is 51.3 Å². The van der Waals surface area contributed by atoms with E-state index >= 15 is 0 Å². The maximum absolute atomic E-state index is 12.9. The van der Waals surface area contributed by atoms with Crippen LogP contribution in [0.1, 0.15) is 127 Å². The topological polar surface area (TPSA) is 152 Å². The van der Waals surface area contributed by atoms with Gasteiger partial charge in [0, 0.05) is 41.3 Å². The monoisotopic (exact) mass is 700 g/mol. The fourth-order valence-electron chi connectivity index (χ4n) is 5.33. The SMILES string of the molecule is CCCCCCCCCCCCCC(=O)O[C@@H](c1cnco1)c1nc([C@H](C[C@@H](OCOC)[C@@H](OCOC)[C@@H](C)OCOC)OCOC)co1. The number of unbranched alkanes of at least 4 members (excludes halogenated alkanes) is 10. The van der Waals surface area contributed by atoms with Gasteiger partial charge in [-0.15, -0.1) is 0 Å². The molecule has 0 spiro atoms. The molecule has 0 aliphatic rings. The van der Waals surface area contributed by atoms with Crippen molar-refractivity contribution in [1.82, 2.24) is 9.97 Å². The van der Waals surface area contributed by atoms with Gasteiger partial charge in [-0.3, -0.25) is 4.79 Å². The summed E-state index contributed by atoms with van der Waals surface area (Å²) in [6, 6.07) is 0. The lowest BCUT2D eigenvalue weighted by Gasteiger charge is -2.33. The number of aromatic nitrogens is 2. The van der Waals surface area contributed by atoms with Gasteiger partial charge in [-0.25, -0.2) is 9.97 Å². The molecule has 0 saturated carbocycles. The van der Waals surface area contributed by atoms with E-state index in [0.717, 1.165) is 19.3 Å². The van der Waals surface area contributed by atoms with Crippen molar-refractivity contribution in [3.63, 3.8) is 0 Å². The average molecular weight is 701 g/mol. The van der Waals surface area contributed by atoms with Gasteiger partial charge in [-0.05, 0) is 13.3 Å². The Morgan fingerprint density at radius 3 is 1.96 bits per heavy atom. The van der Waals surface area contributed by atoms with E-state index in [-0.39, 0.29) is 57.6 Å². The number of rotatable bonds is 32. The second-order valence-corrected chi connectivity index (χ2v) is 11.9. The van der Waals surface area contributed by atoms with Crippen LogP contribution in [0, 0.1) is 0 Å². The first kappa shape index (κ1) is 42.7. The number of oxazole rings is 2. The van der Waals surface area contributed by atoms with Gasteiger partial charge in [0.05, 0.1) is 18.4 Å². The summed E-state index contributed by atoms with van der Waals surface area (Å²) >= 11 is 0. The molecule has 2 heterocycles. The van der Waals surface area contributed by atoms with Crippen LogP contribution in [0.3, 0.4) is 0 Å². The van der Waals surface area contributed by atoms with Gasteiger partial charge in [0.15, 0.2) is 12.2 Å². The minimum Gasteiger partial charge on any atom is -0.445 e. The van der Waals surface area contributed by atoms with Crippen molar-refractivity contribution >= 4 is 5.97 Å². The predicted octanol–water partition coefficient (Wildman–Crippen LogP) is 7.04. The molecule has 0 aromatic carbocycles. The lowest BCUT2D eigenvalue weighted by atomic mass is 10.0. The van der Waals surface area contributed by atoms with Gasteiger partial charge < -0.3 is 51.5 Å². The van der Waals surface area contributed by atoms with Crippen LogP contribution < -0.4 is 0 Å². The number of hydrogen-bond acceptors (Lipinski definition) is 14. The first-order valence-electron chi connectivity index (χ1n) is 17.4. The van der Waals surface area contributed by atoms with Crippen molar-refractivity contribution < 1.29 is 56.3 Å². The Kier molecular flexibility index (Phi) is 23.8. The number of methoxy groups -OCH3 is 4. The molecule has 0 aliphatic carbocycles. The Bertz CT molecular complexity index is 1050. The molecular weight excluding hydrogens is 640 g/mol. The maximum Gasteiger partial charge on any atom is 0.307 e. The molecule has 0 fully saturated rings. The Balaban J connectivity index is 2.09. The summed E-state index contributed by atoms with van der Waals surface area (Å²) in [5, 5.41) is 0. The molecule has 0 aliphatic heterocycles. The fourth-order valence-corrected chi connectivity index (χ4v) is 5.33. The fraction of sp³-hybridized carbons (Fsp3) is 0.800. The van der Waals surface area contributed by atoms with E-state index in [1.165, 1.54) is 98.7 Å². The first-order chi connectivity index (χ1) is 24.0. The summed E-state index contributed by atoms with van der Waals surface area (Å²) < 4.78 is 61.7. The molecule has 14 nitrogen and oxygen atoms in total. The summed E-state index contributed by atoms with van der Waals surface area (Å²) in [6.07, 6.45) is 14.4. The van der Waals surface area contributed by atoms with E-state index in [1.54, 1.807) is 0 Å². The van der Waals surface area contributed by atoms with Gasteiger partial charge >= 0.3 is 5.97 Å². The molecule has 2 rings (SSSR count). The number of esters is 1. The number of carbonyl (C=O) groups excluding carboxylic acids is 1. The normalized spacial score (nSPS) is 14.8. The van der Waals surface area contributed by atoms with E-state index in [1.807, 2.05) is 6.92 Å². The summed E-state index contributed by atoms with van der Waals surface area (Å²) in [4.78, 5) is 21.6. The Labute approximate surface area is 291 Å². The highest BCUT2D eigenvalue weighted by molar-refractivity contribution is 5.69. The third-order valence-corrected chi connectivity index (χ3v) is 7.93. The van der Waals surface area contributed by atoms with Crippen LogP contribution in [0.4, 0.5) is 0 Å². The minimum absolute atomic E-state index is 0.000677. The molecule has 5 atom stereocenters. The molecule has 0 unspecified atom stereocenters. The van der Waals surface area contributed by atoms with Crippen LogP contribution in [0.5, 0.6) is 0 Å². The van der Waals surface area contributed by atoms with Crippen LogP contribution in [0.15, 0.2) is 27.7 Å². The molecule has 0 amide bonds. The Morgan fingerprint density at radius 2 is 1.35 bits per heavy atom. The highest BCUT2D eigenvalue weighted by Crippen LogP contribution is 2.32. The van der Waals surface area contributed by atoms with Crippen molar-refractivity contribution in [3.05, 3.63) is 36.2 Å². The van der Waals surface area contributed by atoms with E-state index in [0.29, 0.717) is 5.69 Å². The smallest absolute Gasteiger partial charge is 0.307 e. The zero-order valence-corrected chi connectivity index (χ0v) is 30.4. The van der Waals surface area contributed by atoms with Gasteiger partial charge in [-0.2, -0.15) is 0 Å². The van der Waals surface area contributed by atoms with Crippen molar-refractivity contribution in [2.45, 2.75) is 128 Å². The van der Waals surface area contributed by atoms with Crippen molar-refractivity contribution in [3.8, 4) is 0 Å². The van der Waals surface area contributed by atoms with E-state index in [4.69, 9.17) is 51.5 Å².